The number of anilines is 1. The number of terminal acetylenes is 1. The number of aromatic nitrogens is 3. The quantitative estimate of drug-likeness (QED) is 0.747. The summed E-state index contributed by atoms with van der Waals surface area (Å²) in [5.41, 5.74) is 0.484. The van der Waals surface area contributed by atoms with Crippen LogP contribution in [0.1, 0.15) is 12.8 Å². The molecule has 0 unspecified atom stereocenters. The lowest BCUT2D eigenvalue weighted by Gasteiger charge is -2.16. The molecular weight excluding hydrogens is 324 g/mol. The molecule has 3 aromatic rings. The Morgan fingerprint density at radius 2 is 2.17 bits per heavy atom. The standard InChI is InChI=1S/C18H13ClN4O/c1-2-18(7-8-18)22-16-14-6-5-12(19)10-15(14)23(17(24)21-16)13-4-3-9-20-11-13/h1,3-6,9-11H,7-8H2,(H,21,22,24). The molecule has 4 rings (SSSR count). The summed E-state index contributed by atoms with van der Waals surface area (Å²) in [6.45, 7) is 0. The molecule has 0 radical (unpaired) electrons. The summed E-state index contributed by atoms with van der Waals surface area (Å²) >= 11 is 6.15. The number of hydrogen-bond acceptors (Lipinski definition) is 4. The number of benzene rings is 1. The molecule has 5 nitrogen and oxygen atoms in total. The van der Waals surface area contributed by atoms with Crippen LogP contribution in [-0.2, 0) is 0 Å². The topological polar surface area (TPSA) is 59.8 Å². The van der Waals surface area contributed by atoms with Gasteiger partial charge in [-0.2, -0.15) is 4.98 Å². The third kappa shape index (κ3) is 2.41. The molecule has 1 aromatic carbocycles. The molecule has 0 saturated heterocycles. The Labute approximate surface area is 143 Å². The van der Waals surface area contributed by atoms with Crippen molar-refractivity contribution in [2.24, 2.45) is 0 Å². The Morgan fingerprint density at radius 3 is 2.83 bits per heavy atom. The van der Waals surface area contributed by atoms with Crippen molar-refractivity contribution >= 4 is 28.3 Å². The summed E-state index contributed by atoms with van der Waals surface area (Å²) in [6.07, 6.45) is 10.6. The minimum absolute atomic E-state index is 0.396. The molecule has 24 heavy (non-hydrogen) atoms. The zero-order valence-electron chi connectivity index (χ0n) is 12.7. The molecule has 1 fully saturated rings. The molecule has 6 heteroatoms. The average Bonchev–Trinajstić information content (AvgIpc) is 3.35. The summed E-state index contributed by atoms with van der Waals surface area (Å²) in [4.78, 5) is 20.9. The summed E-state index contributed by atoms with van der Waals surface area (Å²) < 4.78 is 1.49. The number of rotatable bonds is 3. The minimum Gasteiger partial charge on any atom is -0.353 e. The molecule has 0 atom stereocenters. The lowest BCUT2D eigenvalue weighted by Crippen LogP contribution is -2.27. The second-order valence-electron chi connectivity index (χ2n) is 5.80. The zero-order valence-corrected chi connectivity index (χ0v) is 13.4. The Hall–Kier alpha value is -2.84. The van der Waals surface area contributed by atoms with E-state index < -0.39 is 11.2 Å². The van der Waals surface area contributed by atoms with Crippen LogP contribution in [-0.4, -0.2) is 20.1 Å². The van der Waals surface area contributed by atoms with Crippen LogP contribution in [0.5, 0.6) is 0 Å². The highest BCUT2D eigenvalue weighted by Gasteiger charge is 2.41. The summed E-state index contributed by atoms with van der Waals surface area (Å²) in [5.74, 6) is 3.23. The third-order valence-electron chi connectivity index (χ3n) is 4.14. The van der Waals surface area contributed by atoms with E-state index in [2.05, 4.69) is 21.2 Å². The Kier molecular flexibility index (Phi) is 3.29. The van der Waals surface area contributed by atoms with Gasteiger partial charge in [0.15, 0.2) is 0 Å². The predicted octanol–water partition coefficient (Wildman–Crippen LogP) is 3.01. The maximum atomic E-state index is 12.6. The van der Waals surface area contributed by atoms with E-state index in [4.69, 9.17) is 18.0 Å². The van der Waals surface area contributed by atoms with E-state index in [1.807, 2.05) is 6.07 Å². The normalized spacial score (nSPS) is 15.0. The molecule has 1 aliphatic carbocycles. The van der Waals surface area contributed by atoms with Crippen molar-refractivity contribution in [1.82, 2.24) is 14.5 Å². The van der Waals surface area contributed by atoms with E-state index in [-0.39, 0.29) is 0 Å². The van der Waals surface area contributed by atoms with Gasteiger partial charge in [-0.05, 0) is 43.2 Å². The van der Waals surface area contributed by atoms with Gasteiger partial charge >= 0.3 is 5.69 Å². The van der Waals surface area contributed by atoms with E-state index >= 15 is 0 Å². The first kappa shape index (κ1) is 14.7. The maximum absolute atomic E-state index is 12.6. The molecule has 0 bridgehead atoms. The van der Waals surface area contributed by atoms with Gasteiger partial charge in [0.25, 0.3) is 0 Å². The van der Waals surface area contributed by atoms with Crippen molar-refractivity contribution in [3.8, 4) is 18.0 Å². The first-order chi connectivity index (χ1) is 11.6. The highest BCUT2D eigenvalue weighted by molar-refractivity contribution is 6.31. The molecule has 1 N–H and O–H groups in total. The fourth-order valence-corrected chi connectivity index (χ4v) is 2.85. The predicted molar refractivity (Wildman–Crippen MR) is 94.6 cm³/mol. The van der Waals surface area contributed by atoms with Crippen molar-refractivity contribution < 1.29 is 0 Å². The Balaban J connectivity index is 1.99. The van der Waals surface area contributed by atoms with Gasteiger partial charge in [0, 0.05) is 16.6 Å². The van der Waals surface area contributed by atoms with Gasteiger partial charge in [-0.1, -0.05) is 17.5 Å². The van der Waals surface area contributed by atoms with Crippen LogP contribution >= 0.6 is 11.6 Å². The molecule has 0 spiro atoms. The van der Waals surface area contributed by atoms with Crippen molar-refractivity contribution in [2.45, 2.75) is 18.4 Å². The fourth-order valence-electron chi connectivity index (χ4n) is 2.69. The van der Waals surface area contributed by atoms with Crippen molar-refractivity contribution in [2.75, 3.05) is 5.32 Å². The van der Waals surface area contributed by atoms with Crippen LogP contribution in [0.4, 0.5) is 5.82 Å². The summed E-state index contributed by atoms with van der Waals surface area (Å²) in [7, 11) is 0. The molecular formula is C18H13ClN4O. The monoisotopic (exact) mass is 336 g/mol. The van der Waals surface area contributed by atoms with Gasteiger partial charge in [-0.3, -0.25) is 9.55 Å². The largest absolute Gasteiger partial charge is 0.354 e. The zero-order chi connectivity index (χ0) is 16.7. The van der Waals surface area contributed by atoms with Gasteiger partial charge in [-0.25, -0.2) is 4.79 Å². The lowest BCUT2D eigenvalue weighted by atomic mass is 10.2. The number of pyridine rings is 1. The summed E-state index contributed by atoms with van der Waals surface area (Å²) in [6, 6.07) is 8.92. The van der Waals surface area contributed by atoms with Crippen LogP contribution in [0.15, 0.2) is 47.5 Å². The smallest absolute Gasteiger partial charge is 0.353 e. The molecule has 118 valence electrons. The fraction of sp³-hybridized carbons (Fsp3) is 0.167. The number of nitrogens with zero attached hydrogens (tertiary/aromatic N) is 3. The van der Waals surface area contributed by atoms with E-state index in [1.165, 1.54) is 4.57 Å². The van der Waals surface area contributed by atoms with Crippen LogP contribution in [0.2, 0.25) is 5.02 Å². The van der Waals surface area contributed by atoms with E-state index in [0.29, 0.717) is 22.0 Å². The SMILES string of the molecule is C#CC1(Nc2nc(=O)n(-c3cccnc3)c3cc(Cl)ccc23)CC1. The highest BCUT2D eigenvalue weighted by atomic mass is 35.5. The lowest BCUT2D eigenvalue weighted by molar-refractivity contribution is 0.913. The number of nitrogens with one attached hydrogen (secondary N) is 1. The van der Waals surface area contributed by atoms with Crippen molar-refractivity contribution in [3.05, 3.63) is 58.2 Å². The number of halogens is 1. The van der Waals surface area contributed by atoms with Crippen LogP contribution in [0, 0.1) is 12.3 Å². The Bertz CT molecular complexity index is 1030. The Morgan fingerprint density at radius 1 is 1.33 bits per heavy atom. The molecule has 0 amide bonds. The third-order valence-corrected chi connectivity index (χ3v) is 4.38. The molecule has 2 aromatic heterocycles. The van der Waals surface area contributed by atoms with Gasteiger partial charge in [0.2, 0.25) is 0 Å². The van der Waals surface area contributed by atoms with E-state index in [0.717, 1.165) is 18.2 Å². The van der Waals surface area contributed by atoms with Crippen molar-refractivity contribution in [3.63, 3.8) is 0 Å². The number of hydrogen-bond donors (Lipinski definition) is 1. The van der Waals surface area contributed by atoms with Crippen LogP contribution < -0.4 is 11.0 Å². The molecule has 0 aliphatic heterocycles. The maximum Gasteiger partial charge on any atom is 0.354 e. The van der Waals surface area contributed by atoms with Gasteiger partial charge in [0.1, 0.15) is 5.82 Å². The molecule has 1 saturated carbocycles. The van der Waals surface area contributed by atoms with Crippen LogP contribution in [0.25, 0.3) is 16.6 Å². The second-order valence-corrected chi connectivity index (χ2v) is 6.24. The second kappa shape index (κ2) is 5.36. The van der Waals surface area contributed by atoms with Crippen LogP contribution in [0.3, 0.4) is 0 Å². The van der Waals surface area contributed by atoms with Gasteiger partial charge < -0.3 is 5.32 Å². The summed E-state index contributed by atoms with van der Waals surface area (Å²) in [5, 5.41) is 4.56. The van der Waals surface area contributed by atoms with Gasteiger partial charge in [-0.15, -0.1) is 6.42 Å². The van der Waals surface area contributed by atoms with Crippen molar-refractivity contribution in [1.29, 1.82) is 0 Å². The molecule has 2 heterocycles. The first-order valence-electron chi connectivity index (χ1n) is 7.51. The van der Waals surface area contributed by atoms with E-state index in [1.54, 1.807) is 36.7 Å². The molecule has 1 aliphatic rings. The number of fused-ring (bicyclic) bond motifs is 1. The minimum atomic E-state index is -0.409. The highest BCUT2D eigenvalue weighted by Crippen LogP contribution is 2.39. The average molecular weight is 337 g/mol. The first-order valence-corrected chi connectivity index (χ1v) is 7.88. The van der Waals surface area contributed by atoms with E-state index in [9.17, 15) is 4.79 Å². The van der Waals surface area contributed by atoms with Gasteiger partial charge in [0.05, 0.1) is 22.9 Å².